The Balaban J connectivity index is 1.85. The van der Waals surface area contributed by atoms with Gasteiger partial charge in [0.2, 0.25) is 0 Å². The first-order chi connectivity index (χ1) is 12.2. The van der Waals surface area contributed by atoms with Crippen LogP contribution in [0.1, 0.15) is 21.5 Å². The van der Waals surface area contributed by atoms with Crippen molar-refractivity contribution in [3.05, 3.63) is 102 Å². The van der Waals surface area contributed by atoms with Crippen LogP contribution in [0.15, 0.2) is 84.2 Å². The highest BCUT2D eigenvalue weighted by molar-refractivity contribution is 6.03. The smallest absolute Gasteiger partial charge is 0.267 e. The van der Waals surface area contributed by atoms with Gasteiger partial charge in [0.1, 0.15) is 5.82 Å². The lowest BCUT2D eigenvalue weighted by atomic mass is 10.0. The second-order valence-corrected chi connectivity index (χ2v) is 5.40. The minimum atomic E-state index is -0.319. The summed E-state index contributed by atoms with van der Waals surface area (Å²) in [5.74, 6) is -0.615. The quantitative estimate of drug-likeness (QED) is 0.573. The van der Waals surface area contributed by atoms with E-state index in [1.807, 2.05) is 18.2 Å². The van der Waals surface area contributed by atoms with Crippen LogP contribution in [0, 0.1) is 5.82 Å². The van der Waals surface area contributed by atoms with E-state index in [1.165, 1.54) is 12.1 Å². The van der Waals surface area contributed by atoms with E-state index in [9.17, 15) is 9.18 Å². The monoisotopic (exact) mass is 333 g/mol. The second kappa shape index (κ2) is 7.97. The van der Waals surface area contributed by atoms with Gasteiger partial charge in [0, 0.05) is 24.4 Å². The van der Waals surface area contributed by atoms with Gasteiger partial charge >= 0.3 is 0 Å². The maximum absolute atomic E-state index is 13.2. The molecule has 0 atom stereocenters. The van der Waals surface area contributed by atoms with Gasteiger partial charge in [-0.2, -0.15) is 5.10 Å². The third kappa shape index (κ3) is 4.57. The molecule has 0 radical (unpaired) electrons. The molecule has 2 aromatic carbocycles. The molecule has 3 aromatic rings. The first-order valence-electron chi connectivity index (χ1n) is 7.79. The Bertz CT molecular complexity index is 862. The Labute approximate surface area is 145 Å². The average Bonchev–Trinajstić information content (AvgIpc) is 2.67. The van der Waals surface area contributed by atoms with Gasteiger partial charge in [-0.1, -0.05) is 30.3 Å². The Hall–Kier alpha value is -3.34. The fraction of sp³-hybridized carbons (Fsp3) is 0.0500. The lowest BCUT2D eigenvalue weighted by Crippen LogP contribution is -2.21. The number of rotatable bonds is 5. The number of pyridine rings is 1. The van der Waals surface area contributed by atoms with Gasteiger partial charge in [-0.15, -0.1) is 0 Å². The van der Waals surface area contributed by atoms with Crippen molar-refractivity contribution in [2.45, 2.75) is 6.42 Å². The van der Waals surface area contributed by atoms with Crippen molar-refractivity contribution in [1.82, 2.24) is 10.4 Å². The van der Waals surface area contributed by atoms with Crippen molar-refractivity contribution >= 4 is 11.6 Å². The zero-order chi connectivity index (χ0) is 17.5. The Morgan fingerprint density at radius 1 is 0.920 bits per heavy atom. The lowest BCUT2D eigenvalue weighted by molar-refractivity contribution is 0.0955. The summed E-state index contributed by atoms with van der Waals surface area (Å²) >= 11 is 0. The summed E-state index contributed by atoms with van der Waals surface area (Å²) in [6.07, 6.45) is 3.88. The van der Waals surface area contributed by atoms with E-state index in [2.05, 4.69) is 15.5 Å². The van der Waals surface area contributed by atoms with Crippen LogP contribution < -0.4 is 5.43 Å². The normalized spacial score (nSPS) is 11.2. The fourth-order valence-corrected chi connectivity index (χ4v) is 2.31. The van der Waals surface area contributed by atoms with Crippen LogP contribution >= 0.6 is 0 Å². The summed E-state index contributed by atoms with van der Waals surface area (Å²) in [6, 6.07) is 18.6. The fourth-order valence-electron chi connectivity index (χ4n) is 2.31. The van der Waals surface area contributed by atoms with E-state index < -0.39 is 0 Å². The number of nitrogens with zero attached hydrogens (tertiary/aromatic N) is 2. The van der Waals surface area contributed by atoms with Crippen molar-refractivity contribution < 1.29 is 9.18 Å². The van der Waals surface area contributed by atoms with Gasteiger partial charge in [0.25, 0.3) is 5.91 Å². The summed E-state index contributed by atoms with van der Waals surface area (Å²) < 4.78 is 13.2. The zero-order valence-electron chi connectivity index (χ0n) is 13.4. The minimum Gasteiger partial charge on any atom is -0.267 e. The number of hydrogen-bond acceptors (Lipinski definition) is 3. The van der Waals surface area contributed by atoms with E-state index in [0.29, 0.717) is 17.7 Å². The predicted molar refractivity (Wildman–Crippen MR) is 94.8 cm³/mol. The molecule has 0 saturated carbocycles. The largest absolute Gasteiger partial charge is 0.271 e. The third-order valence-corrected chi connectivity index (χ3v) is 3.63. The SMILES string of the molecule is O=C(NN=C(Cc1ccncc1)c1ccc(F)cc1)c1ccccc1. The number of hydrazone groups is 1. The van der Waals surface area contributed by atoms with Crippen LogP contribution in [-0.4, -0.2) is 16.6 Å². The number of halogens is 1. The summed E-state index contributed by atoms with van der Waals surface area (Å²) in [5, 5.41) is 4.27. The molecule has 1 amide bonds. The molecule has 3 rings (SSSR count). The van der Waals surface area contributed by atoms with Crippen LogP contribution in [0.4, 0.5) is 4.39 Å². The molecule has 0 aliphatic rings. The molecule has 4 nitrogen and oxygen atoms in total. The molecule has 0 bridgehead atoms. The molecule has 5 heteroatoms. The molecule has 0 saturated heterocycles. The molecule has 1 N–H and O–H groups in total. The topological polar surface area (TPSA) is 54.4 Å². The van der Waals surface area contributed by atoms with Crippen LogP contribution in [0.3, 0.4) is 0 Å². The standard InChI is InChI=1S/C20H16FN3O/c21-18-8-6-16(7-9-18)19(14-15-10-12-22-13-11-15)23-24-20(25)17-4-2-1-3-5-17/h1-13H,14H2,(H,24,25). The van der Waals surface area contributed by atoms with Crippen LogP contribution in [-0.2, 0) is 6.42 Å². The first-order valence-corrected chi connectivity index (χ1v) is 7.79. The van der Waals surface area contributed by atoms with E-state index in [-0.39, 0.29) is 11.7 Å². The highest BCUT2D eigenvalue weighted by Crippen LogP contribution is 2.10. The zero-order valence-corrected chi connectivity index (χ0v) is 13.4. The number of nitrogens with one attached hydrogen (secondary N) is 1. The third-order valence-electron chi connectivity index (χ3n) is 3.63. The van der Waals surface area contributed by atoms with E-state index in [1.54, 1.807) is 48.8 Å². The highest BCUT2D eigenvalue weighted by atomic mass is 19.1. The molecule has 0 aliphatic heterocycles. The molecule has 0 spiro atoms. The summed E-state index contributed by atoms with van der Waals surface area (Å²) in [4.78, 5) is 16.2. The van der Waals surface area contributed by atoms with Gasteiger partial charge in [-0.3, -0.25) is 9.78 Å². The molecule has 25 heavy (non-hydrogen) atoms. The van der Waals surface area contributed by atoms with Crippen molar-refractivity contribution in [3.8, 4) is 0 Å². The molecule has 1 heterocycles. The molecule has 124 valence electrons. The summed E-state index contributed by atoms with van der Waals surface area (Å²) in [5.41, 5.74) is 5.46. The lowest BCUT2D eigenvalue weighted by Gasteiger charge is -2.08. The summed E-state index contributed by atoms with van der Waals surface area (Å²) in [6.45, 7) is 0. The number of amides is 1. The maximum atomic E-state index is 13.2. The van der Waals surface area contributed by atoms with Crippen LogP contribution in [0.2, 0.25) is 0 Å². The van der Waals surface area contributed by atoms with Gasteiger partial charge in [0.15, 0.2) is 0 Å². The molecular formula is C20H16FN3O. The molecule has 1 aromatic heterocycles. The van der Waals surface area contributed by atoms with E-state index >= 15 is 0 Å². The number of carbonyl (C=O) groups is 1. The molecule has 0 fully saturated rings. The minimum absolute atomic E-state index is 0.296. The molecule has 0 unspecified atom stereocenters. The van der Waals surface area contributed by atoms with E-state index in [4.69, 9.17) is 0 Å². The van der Waals surface area contributed by atoms with Gasteiger partial charge < -0.3 is 0 Å². The number of aromatic nitrogens is 1. The average molecular weight is 333 g/mol. The van der Waals surface area contributed by atoms with Crippen LogP contribution in [0.25, 0.3) is 0 Å². The molecular weight excluding hydrogens is 317 g/mol. The predicted octanol–water partition coefficient (Wildman–Crippen LogP) is 3.60. The maximum Gasteiger partial charge on any atom is 0.271 e. The van der Waals surface area contributed by atoms with E-state index in [0.717, 1.165) is 11.1 Å². The van der Waals surface area contributed by atoms with Gasteiger partial charge in [-0.25, -0.2) is 9.82 Å². The number of carbonyl (C=O) groups excluding carboxylic acids is 1. The van der Waals surface area contributed by atoms with Gasteiger partial charge in [0.05, 0.1) is 5.71 Å². The Morgan fingerprint density at radius 2 is 1.60 bits per heavy atom. The Kier molecular flexibility index (Phi) is 5.26. The van der Waals surface area contributed by atoms with Crippen molar-refractivity contribution in [2.75, 3.05) is 0 Å². The van der Waals surface area contributed by atoms with Crippen molar-refractivity contribution in [3.63, 3.8) is 0 Å². The van der Waals surface area contributed by atoms with Crippen molar-refractivity contribution in [2.24, 2.45) is 5.10 Å². The number of hydrogen-bond donors (Lipinski definition) is 1. The number of benzene rings is 2. The molecule has 0 aliphatic carbocycles. The Morgan fingerprint density at radius 3 is 2.28 bits per heavy atom. The van der Waals surface area contributed by atoms with Crippen LogP contribution in [0.5, 0.6) is 0 Å². The summed E-state index contributed by atoms with van der Waals surface area (Å²) in [7, 11) is 0. The highest BCUT2D eigenvalue weighted by Gasteiger charge is 2.08. The van der Waals surface area contributed by atoms with Crippen molar-refractivity contribution in [1.29, 1.82) is 0 Å². The van der Waals surface area contributed by atoms with Gasteiger partial charge in [-0.05, 0) is 47.5 Å². The second-order valence-electron chi connectivity index (χ2n) is 5.40. The first kappa shape index (κ1) is 16.5.